The first-order valence-electron chi connectivity index (χ1n) is 7.76. The molecule has 0 atom stereocenters. The zero-order valence-corrected chi connectivity index (χ0v) is 16.9. The lowest BCUT2D eigenvalue weighted by atomic mass is 10.2. The number of phenolic OH excluding ortho intramolecular Hbond substituents is 1. The van der Waals surface area contributed by atoms with E-state index < -0.39 is 0 Å². The van der Waals surface area contributed by atoms with E-state index in [4.69, 9.17) is 0 Å². The summed E-state index contributed by atoms with van der Waals surface area (Å²) >= 11 is 1.82. The molecule has 0 fully saturated rings. The minimum Gasteiger partial charge on any atom is -0.508 e. The Labute approximate surface area is 165 Å². The van der Waals surface area contributed by atoms with Gasteiger partial charge in [0.2, 0.25) is 0 Å². The van der Waals surface area contributed by atoms with Crippen molar-refractivity contribution >= 4 is 41.7 Å². The van der Waals surface area contributed by atoms with Crippen LogP contribution >= 0.6 is 35.7 Å². The van der Waals surface area contributed by atoms with Gasteiger partial charge in [-0.2, -0.15) is 0 Å². The minimum absolute atomic E-state index is 0. The number of thioether (sulfide) groups is 1. The summed E-state index contributed by atoms with van der Waals surface area (Å²) in [5.41, 5.74) is 1.07. The van der Waals surface area contributed by atoms with E-state index in [-0.39, 0.29) is 29.7 Å². The Bertz CT molecular complexity index is 605. The number of aliphatic imine (C=N–C) groups is 1. The van der Waals surface area contributed by atoms with Gasteiger partial charge in [-0.1, -0.05) is 30.3 Å². The number of rotatable bonds is 7. The molecule has 0 aliphatic heterocycles. The minimum atomic E-state index is 0. The lowest BCUT2D eigenvalue weighted by molar-refractivity contribution is 0.475. The number of hydrogen-bond acceptors (Lipinski definition) is 3. The summed E-state index contributed by atoms with van der Waals surface area (Å²) in [5.74, 6) is 2.07. The zero-order valence-electron chi connectivity index (χ0n) is 13.7. The van der Waals surface area contributed by atoms with Crippen molar-refractivity contribution < 1.29 is 5.11 Å². The van der Waals surface area contributed by atoms with Crippen LogP contribution in [0.2, 0.25) is 0 Å². The van der Waals surface area contributed by atoms with Crippen LogP contribution in [0.1, 0.15) is 12.5 Å². The fourth-order valence-corrected chi connectivity index (χ4v) is 2.76. The number of nitrogens with zero attached hydrogens (tertiary/aromatic N) is 1. The topological polar surface area (TPSA) is 56.7 Å². The van der Waals surface area contributed by atoms with Crippen LogP contribution in [0, 0.1) is 0 Å². The van der Waals surface area contributed by atoms with Gasteiger partial charge in [0.1, 0.15) is 5.75 Å². The zero-order chi connectivity index (χ0) is 16.3. The predicted octanol–water partition coefficient (Wildman–Crippen LogP) is 3.86. The fraction of sp³-hybridized carbons (Fsp3) is 0.278. The summed E-state index contributed by atoms with van der Waals surface area (Å²) in [6.07, 6.45) is 0. The Balaban J connectivity index is 0.00000288. The third-order valence-electron chi connectivity index (χ3n) is 3.11. The summed E-state index contributed by atoms with van der Waals surface area (Å²) in [4.78, 5) is 5.84. The monoisotopic (exact) mass is 457 g/mol. The van der Waals surface area contributed by atoms with Crippen molar-refractivity contribution in [2.45, 2.75) is 18.4 Å². The Hall–Kier alpha value is -1.41. The maximum Gasteiger partial charge on any atom is 0.191 e. The van der Waals surface area contributed by atoms with Gasteiger partial charge in [0.05, 0.1) is 6.54 Å². The first kappa shape index (κ1) is 20.6. The highest BCUT2D eigenvalue weighted by atomic mass is 127. The van der Waals surface area contributed by atoms with Gasteiger partial charge in [0.25, 0.3) is 0 Å². The number of guanidine groups is 1. The Morgan fingerprint density at radius 3 is 2.42 bits per heavy atom. The Morgan fingerprint density at radius 1 is 1.04 bits per heavy atom. The largest absolute Gasteiger partial charge is 0.508 e. The molecule has 0 spiro atoms. The van der Waals surface area contributed by atoms with E-state index in [0.29, 0.717) is 6.54 Å². The molecule has 2 rings (SSSR count). The maximum absolute atomic E-state index is 9.29. The van der Waals surface area contributed by atoms with Crippen LogP contribution in [-0.2, 0) is 6.54 Å². The first-order chi connectivity index (χ1) is 11.3. The van der Waals surface area contributed by atoms with E-state index in [1.54, 1.807) is 12.1 Å². The number of halogens is 1. The first-order valence-corrected chi connectivity index (χ1v) is 8.74. The molecule has 0 heterocycles. The van der Waals surface area contributed by atoms with Crippen molar-refractivity contribution in [3.05, 3.63) is 60.2 Å². The number of nitrogens with one attached hydrogen (secondary N) is 2. The Kier molecular flexibility index (Phi) is 10.3. The molecular formula is C18H24IN3OS. The van der Waals surface area contributed by atoms with E-state index in [1.807, 2.05) is 30.0 Å². The van der Waals surface area contributed by atoms with Gasteiger partial charge in [-0.3, -0.25) is 0 Å². The van der Waals surface area contributed by atoms with Gasteiger partial charge in [-0.15, -0.1) is 35.7 Å². The molecular weight excluding hydrogens is 433 g/mol. The number of hydrogen-bond donors (Lipinski definition) is 3. The van der Waals surface area contributed by atoms with Crippen molar-refractivity contribution in [2.75, 3.05) is 18.8 Å². The Morgan fingerprint density at radius 2 is 1.75 bits per heavy atom. The molecule has 6 heteroatoms. The van der Waals surface area contributed by atoms with Gasteiger partial charge in [0.15, 0.2) is 5.96 Å². The van der Waals surface area contributed by atoms with Crippen LogP contribution in [0.25, 0.3) is 0 Å². The lowest BCUT2D eigenvalue weighted by Gasteiger charge is -2.11. The van der Waals surface area contributed by atoms with Crippen LogP contribution < -0.4 is 10.6 Å². The van der Waals surface area contributed by atoms with Crippen molar-refractivity contribution in [2.24, 2.45) is 4.99 Å². The average Bonchev–Trinajstić information content (AvgIpc) is 2.59. The van der Waals surface area contributed by atoms with Crippen LogP contribution in [0.15, 0.2) is 64.5 Å². The quantitative estimate of drug-likeness (QED) is 0.194. The molecule has 0 saturated heterocycles. The van der Waals surface area contributed by atoms with Crippen LogP contribution in [0.4, 0.5) is 0 Å². The molecule has 0 radical (unpaired) electrons. The second-order valence-corrected chi connectivity index (χ2v) is 6.12. The second-order valence-electron chi connectivity index (χ2n) is 4.95. The number of aromatic hydroxyl groups is 1. The molecule has 4 nitrogen and oxygen atoms in total. The normalized spacial score (nSPS) is 10.8. The highest BCUT2D eigenvalue weighted by Gasteiger charge is 1.98. The van der Waals surface area contributed by atoms with Crippen molar-refractivity contribution in [1.82, 2.24) is 10.6 Å². The van der Waals surface area contributed by atoms with E-state index in [0.717, 1.165) is 30.4 Å². The SMILES string of the molecule is CCNC(=NCc1ccc(O)cc1)NCCSc1ccccc1.I. The predicted molar refractivity (Wildman–Crippen MR) is 114 cm³/mol. The molecule has 0 saturated carbocycles. The molecule has 0 unspecified atom stereocenters. The van der Waals surface area contributed by atoms with E-state index in [9.17, 15) is 5.11 Å². The molecule has 0 amide bonds. The van der Waals surface area contributed by atoms with Gasteiger partial charge in [0, 0.05) is 23.7 Å². The smallest absolute Gasteiger partial charge is 0.191 e. The highest BCUT2D eigenvalue weighted by Crippen LogP contribution is 2.15. The molecule has 3 N–H and O–H groups in total. The summed E-state index contributed by atoms with van der Waals surface area (Å²) in [6, 6.07) is 17.5. The van der Waals surface area contributed by atoms with Crippen molar-refractivity contribution in [3.63, 3.8) is 0 Å². The molecule has 130 valence electrons. The molecule has 2 aromatic rings. The van der Waals surface area contributed by atoms with Gasteiger partial charge < -0.3 is 15.7 Å². The summed E-state index contributed by atoms with van der Waals surface area (Å²) < 4.78 is 0. The lowest BCUT2D eigenvalue weighted by Crippen LogP contribution is -2.38. The van der Waals surface area contributed by atoms with Gasteiger partial charge in [-0.25, -0.2) is 4.99 Å². The van der Waals surface area contributed by atoms with Gasteiger partial charge in [-0.05, 0) is 36.8 Å². The molecule has 0 aliphatic rings. The van der Waals surface area contributed by atoms with E-state index >= 15 is 0 Å². The van der Waals surface area contributed by atoms with E-state index in [2.05, 4.69) is 46.8 Å². The molecule has 2 aromatic carbocycles. The summed E-state index contributed by atoms with van der Waals surface area (Å²) in [7, 11) is 0. The second kappa shape index (κ2) is 12.0. The highest BCUT2D eigenvalue weighted by molar-refractivity contribution is 14.0. The average molecular weight is 457 g/mol. The summed E-state index contributed by atoms with van der Waals surface area (Å²) in [5, 5.41) is 15.9. The standard InChI is InChI=1S/C18H23N3OS.HI/c1-2-19-18(21-14-15-8-10-16(22)11-9-15)20-12-13-23-17-6-4-3-5-7-17;/h3-11,22H,2,12-14H2,1H3,(H2,19,20,21);1H. The summed E-state index contributed by atoms with van der Waals surface area (Å²) in [6.45, 7) is 4.31. The maximum atomic E-state index is 9.29. The molecule has 0 aliphatic carbocycles. The molecule has 0 bridgehead atoms. The van der Waals surface area contributed by atoms with Crippen LogP contribution in [0.5, 0.6) is 5.75 Å². The van der Waals surface area contributed by atoms with Crippen LogP contribution in [-0.4, -0.2) is 29.9 Å². The van der Waals surface area contributed by atoms with Gasteiger partial charge >= 0.3 is 0 Å². The number of benzene rings is 2. The van der Waals surface area contributed by atoms with E-state index in [1.165, 1.54) is 4.90 Å². The third kappa shape index (κ3) is 7.92. The van der Waals surface area contributed by atoms with Crippen molar-refractivity contribution in [1.29, 1.82) is 0 Å². The number of phenols is 1. The molecule has 0 aromatic heterocycles. The fourth-order valence-electron chi connectivity index (χ4n) is 1.97. The van der Waals surface area contributed by atoms with Crippen molar-refractivity contribution in [3.8, 4) is 5.75 Å². The van der Waals surface area contributed by atoms with Crippen LogP contribution in [0.3, 0.4) is 0 Å². The molecule has 24 heavy (non-hydrogen) atoms. The third-order valence-corrected chi connectivity index (χ3v) is 4.12.